The standard InChI is InChI=1S/C20H16FN5S/c1-12-22-9-19(27-12)13-6-14-10-26(5-4-17(14)23-8-13)20-16-7-15(21)2-3-18(16)24-11-25-20/h2-3,6-9,11H,4-5,10H2,1H3. The topological polar surface area (TPSA) is 54.8 Å². The van der Waals surface area contributed by atoms with E-state index in [-0.39, 0.29) is 5.82 Å². The Morgan fingerprint density at radius 1 is 1.07 bits per heavy atom. The number of pyridine rings is 1. The normalized spacial score (nSPS) is 13.8. The summed E-state index contributed by atoms with van der Waals surface area (Å²) in [5.74, 6) is 0.490. The third-order valence-corrected chi connectivity index (χ3v) is 5.78. The highest BCUT2D eigenvalue weighted by Gasteiger charge is 2.21. The quantitative estimate of drug-likeness (QED) is 0.525. The van der Waals surface area contributed by atoms with Gasteiger partial charge in [0.25, 0.3) is 0 Å². The van der Waals surface area contributed by atoms with Crippen LogP contribution in [0.15, 0.2) is 43.0 Å². The SMILES string of the molecule is Cc1ncc(-c2cnc3c(c2)CN(c2ncnc4ccc(F)cc24)CC3)s1. The maximum Gasteiger partial charge on any atom is 0.140 e. The molecule has 0 fully saturated rings. The van der Waals surface area contributed by atoms with Gasteiger partial charge in [-0.2, -0.15) is 0 Å². The van der Waals surface area contributed by atoms with Crippen LogP contribution in [0.4, 0.5) is 10.2 Å². The molecule has 0 radical (unpaired) electrons. The van der Waals surface area contributed by atoms with Crippen LogP contribution in [-0.4, -0.2) is 26.5 Å². The van der Waals surface area contributed by atoms with Crippen molar-refractivity contribution < 1.29 is 4.39 Å². The van der Waals surface area contributed by atoms with E-state index in [0.717, 1.165) is 50.8 Å². The summed E-state index contributed by atoms with van der Waals surface area (Å²) < 4.78 is 13.8. The van der Waals surface area contributed by atoms with E-state index < -0.39 is 0 Å². The molecule has 0 atom stereocenters. The van der Waals surface area contributed by atoms with E-state index in [2.05, 4.69) is 30.9 Å². The van der Waals surface area contributed by atoms with Crippen molar-refractivity contribution in [3.63, 3.8) is 0 Å². The number of fused-ring (bicyclic) bond motifs is 2. The Balaban J connectivity index is 1.53. The van der Waals surface area contributed by atoms with Crippen LogP contribution in [0.2, 0.25) is 0 Å². The minimum atomic E-state index is -0.277. The molecule has 4 aromatic rings. The van der Waals surface area contributed by atoms with Gasteiger partial charge >= 0.3 is 0 Å². The maximum atomic E-state index is 13.8. The Labute approximate surface area is 159 Å². The second-order valence-corrected chi connectivity index (χ2v) is 7.84. The zero-order chi connectivity index (χ0) is 18.4. The van der Waals surface area contributed by atoms with Gasteiger partial charge in [-0.25, -0.2) is 19.3 Å². The van der Waals surface area contributed by atoms with Gasteiger partial charge in [-0.05, 0) is 36.8 Å². The fourth-order valence-corrected chi connectivity index (χ4v) is 4.26. The van der Waals surface area contributed by atoms with E-state index in [4.69, 9.17) is 0 Å². The molecule has 4 heterocycles. The number of hydrogen-bond donors (Lipinski definition) is 0. The monoisotopic (exact) mass is 377 g/mol. The van der Waals surface area contributed by atoms with Crippen LogP contribution in [-0.2, 0) is 13.0 Å². The lowest BCUT2D eigenvalue weighted by Gasteiger charge is -2.30. The zero-order valence-electron chi connectivity index (χ0n) is 14.7. The molecule has 3 aromatic heterocycles. The van der Waals surface area contributed by atoms with Gasteiger partial charge in [-0.3, -0.25) is 4.98 Å². The van der Waals surface area contributed by atoms with Crippen molar-refractivity contribution in [3.8, 4) is 10.4 Å². The fourth-order valence-electron chi connectivity index (χ4n) is 3.50. The highest BCUT2D eigenvalue weighted by molar-refractivity contribution is 7.15. The van der Waals surface area contributed by atoms with E-state index in [1.54, 1.807) is 23.7 Å². The zero-order valence-corrected chi connectivity index (χ0v) is 15.5. The summed E-state index contributed by atoms with van der Waals surface area (Å²) in [6.45, 7) is 3.49. The molecule has 5 rings (SSSR count). The lowest BCUT2D eigenvalue weighted by Crippen LogP contribution is -2.31. The van der Waals surface area contributed by atoms with Crippen molar-refractivity contribution in [2.45, 2.75) is 19.9 Å². The van der Waals surface area contributed by atoms with Gasteiger partial charge in [0.2, 0.25) is 0 Å². The first-order chi connectivity index (χ1) is 13.2. The first-order valence-electron chi connectivity index (χ1n) is 8.73. The maximum absolute atomic E-state index is 13.8. The summed E-state index contributed by atoms with van der Waals surface area (Å²) in [5.41, 5.74) is 4.12. The van der Waals surface area contributed by atoms with Gasteiger partial charge in [0, 0.05) is 48.5 Å². The Hall–Kier alpha value is -2.93. The lowest BCUT2D eigenvalue weighted by molar-refractivity contribution is 0.629. The highest BCUT2D eigenvalue weighted by Crippen LogP contribution is 2.31. The molecule has 0 unspecified atom stereocenters. The highest BCUT2D eigenvalue weighted by atomic mass is 32.1. The van der Waals surface area contributed by atoms with Gasteiger partial charge in [0.05, 0.1) is 15.4 Å². The van der Waals surface area contributed by atoms with E-state index in [1.807, 2.05) is 19.3 Å². The number of nitrogens with zero attached hydrogens (tertiary/aromatic N) is 5. The molecule has 1 aliphatic heterocycles. The number of thiazole rings is 1. The molecular weight excluding hydrogens is 361 g/mol. The predicted octanol–water partition coefficient (Wildman–Crippen LogP) is 4.16. The largest absolute Gasteiger partial charge is 0.351 e. The van der Waals surface area contributed by atoms with Gasteiger partial charge in [-0.15, -0.1) is 11.3 Å². The third-order valence-electron chi connectivity index (χ3n) is 4.82. The minimum Gasteiger partial charge on any atom is -0.351 e. The van der Waals surface area contributed by atoms with E-state index in [9.17, 15) is 4.39 Å². The molecule has 1 aromatic carbocycles. The van der Waals surface area contributed by atoms with Gasteiger partial charge in [-0.1, -0.05) is 0 Å². The van der Waals surface area contributed by atoms with Crippen LogP contribution in [0, 0.1) is 12.7 Å². The van der Waals surface area contributed by atoms with Crippen molar-refractivity contribution in [2.24, 2.45) is 0 Å². The van der Waals surface area contributed by atoms with Crippen LogP contribution in [0.5, 0.6) is 0 Å². The predicted molar refractivity (Wildman–Crippen MR) is 104 cm³/mol. The molecule has 0 spiro atoms. The molecule has 7 heteroatoms. The number of hydrogen-bond acceptors (Lipinski definition) is 6. The molecule has 5 nitrogen and oxygen atoms in total. The summed E-state index contributed by atoms with van der Waals surface area (Å²) >= 11 is 1.67. The van der Waals surface area contributed by atoms with Gasteiger partial charge in [0.15, 0.2) is 0 Å². The molecular formula is C20H16FN5S. The molecule has 0 saturated carbocycles. The molecule has 1 aliphatic rings. The number of halogens is 1. The van der Waals surface area contributed by atoms with Crippen molar-refractivity contribution in [1.29, 1.82) is 0 Å². The number of aromatic nitrogens is 4. The molecule has 27 heavy (non-hydrogen) atoms. The first kappa shape index (κ1) is 16.3. The number of benzene rings is 1. The average Bonchev–Trinajstić information content (AvgIpc) is 3.13. The van der Waals surface area contributed by atoms with E-state index >= 15 is 0 Å². The Kier molecular flexibility index (Phi) is 3.82. The van der Waals surface area contributed by atoms with E-state index in [0.29, 0.717) is 6.54 Å². The molecule has 134 valence electrons. The summed E-state index contributed by atoms with van der Waals surface area (Å²) in [5, 5.41) is 1.78. The lowest BCUT2D eigenvalue weighted by atomic mass is 10.0. The second-order valence-electron chi connectivity index (χ2n) is 6.60. The molecule has 0 aliphatic carbocycles. The second kappa shape index (κ2) is 6.35. The average molecular weight is 377 g/mol. The van der Waals surface area contributed by atoms with Crippen molar-refractivity contribution >= 4 is 28.1 Å². The first-order valence-corrected chi connectivity index (χ1v) is 9.55. The minimum absolute atomic E-state index is 0.277. The third kappa shape index (κ3) is 2.94. The van der Waals surface area contributed by atoms with Crippen molar-refractivity contribution in [1.82, 2.24) is 19.9 Å². The van der Waals surface area contributed by atoms with Crippen LogP contribution in [0.1, 0.15) is 16.3 Å². The molecule has 0 saturated heterocycles. The van der Waals surface area contributed by atoms with Crippen LogP contribution in [0.3, 0.4) is 0 Å². The van der Waals surface area contributed by atoms with Crippen molar-refractivity contribution in [3.05, 3.63) is 65.1 Å². The Morgan fingerprint density at radius 3 is 2.85 bits per heavy atom. The number of anilines is 1. The van der Waals surface area contributed by atoms with Crippen LogP contribution >= 0.6 is 11.3 Å². The van der Waals surface area contributed by atoms with Gasteiger partial charge in [0.1, 0.15) is 18.0 Å². The number of rotatable bonds is 2. The summed E-state index contributed by atoms with van der Waals surface area (Å²) in [7, 11) is 0. The van der Waals surface area contributed by atoms with Crippen LogP contribution in [0.25, 0.3) is 21.3 Å². The molecule has 0 bridgehead atoms. The fraction of sp³-hybridized carbons (Fsp3) is 0.200. The number of aryl methyl sites for hydroxylation is 1. The van der Waals surface area contributed by atoms with E-state index in [1.165, 1.54) is 17.7 Å². The molecule has 0 N–H and O–H groups in total. The van der Waals surface area contributed by atoms with Gasteiger partial charge < -0.3 is 4.90 Å². The molecule has 0 amide bonds. The summed E-state index contributed by atoms with van der Waals surface area (Å²) in [6.07, 6.45) is 6.19. The smallest absolute Gasteiger partial charge is 0.140 e. The Morgan fingerprint density at radius 2 is 2.00 bits per heavy atom. The van der Waals surface area contributed by atoms with Crippen molar-refractivity contribution in [2.75, 3.05) is 11.4 Å². The summed E-state index contributed by atoms with van der Waals surface area (Å²) in [6, 6.07) is 6.82. The summed E-state index contributed by atoms with van der Waals surface area (Å²) in [4.78, 5) is 21.0. The Bertz CT molecular complexity index is 1160. The van der Waals surface area contributed by atoms with Crippen LogP contribution < -0.4 is 4.90 Å².